The Bertz CT molecular complexity index is 206. The van der Waals surface area contributed by atoms with Crippen LogP contribution >= 0.6 is 0 Å². The lowest BCUT2D eigenvalue weighted by Crippen LogP contribution is -2.55. The third kappa shape index (κ3) is 2.82. The first-order valence-electron chi connectivity index (χ1n) is 5.02. The third-order valence-electron chi connectivity index (χ3n) is 2.28. The van der Waals surface area contributed by atoms with Crippen LogP contribution in [0.1, 0.15) is 6.92 Å². The number of nitrogens with zero attached hydrogens (tertiary/aromatic N) is 1. The summed E-state index contributed by atoms with van der Waals surface area (Å²) >= 11 is 0. The van der Waals surface area contributed by atoms with Crippen LogP contribution in [0.25, 0.3) is 0 Å². The maximum absolute atomic E-state index is 11.5. The van der Waals surface area contributed by atoms with Gasteiger partial charge in [0.1, 0.15) is 6.04 Å². The number of nitrogens with one attached hydrogen (secondary N) is 1. The molecule has 0 aliphatic carbocycles. The van der Waals surface area contributed by atoms with Crippen LogP contribution in [0, 0.1) is 0 Å². The number of carbonyl (C=O) groups is 1. The van der Waals surface area contributed by atoms with Crippen LogP contribution in [0.15, 0.2) is 12.7 Å². The molecule has 4 heteroatoms. The minimum atomic E-state index is -0.151. The molecule has 0 saturated carbocycles. The second kappa shape index (κ2) is 5.78. The van der Waals surface area contributed by atoms with Gasteiger partial charge < -0.3 is 10.1 Å². The minimum Gasteiger partial charge on any atom is -0.465 e. The molecule has 1 heterocycles. The van der Waals surface area contributed by atoms with Gasteiger partial charge in [-0.25, -0.2) is 0 Å². The molecule has 4 nitrogen and oxygen atoms in total. The van der Waals surface area contributed by atoms with Crippen molar-refractivity contribution in [1.29, 1.82) is 0 Å². The summed E-state index contributed by atoms with van der Waals surface area (Å²) < 4.78 is 5.00. The van der Waals surface area contributed by atoms with Gasteiger partial charge in [-0.05, 0) is 6.92 Å². The standard InChI is InChI=1S/C10H18N2O2/c1-3-6-12-7-5-11-8-9(12)10(13)14-4-2/h3,9,11H,1,4-8H2,2H3. The molecule has 0 radical (unpaired) electrons. The number of rotatable bonds is 4. The summed E-state index contributed by atoms with van der Waals surface area (Å²) in [6.07, 6.45) is 1.82. The molecule has 80 valence electrons. The van der Waals surface area contributed by atoms with E-state index in [2.05, 4.69) is 16.8 Å². The van der Waals surface area contributed by atoms with Gasteiger partial charge in [0.2, 0.25) is 0 Å². The highest BCUT2D eigenvalue weighted by molar-refractivity contribution is 5.76. The first kappa shape index (κ1) is 11.2. The first-order valence-corrected chi connectivity index (χ1v) is 5.02. The molecular formula is C10H18N2O2. The highest BCUT2D eigenvalue weighted by atomic mass is 16.5. The van der Waals surface area contributed by atoms with Gasteiger partial charge in [0, 0.05) is 26.2 Å². The fourth-order valence-electron chi connectivity index (χ4n) is 1.60. The van der Waals surface area contributed by atoms with Crippen molar-refractivity contribution in [2.75, 3.05) is 32.8 Å². The van der Waals surface area contributed by atoms with Gasteiger partial charge in [0.05, 0.1) is 6.61 Å². The topological polar surface area (TPSA) is 41.6 Å². The van der Waals surface area contributed by atoms with Crippen LogP contribution in [-0.2, 0) is 9.53 Å². The highest BCUT2D eigenvalue weighted by Crippen LogP contribution is 2.05. The fourth-order valence-corrected chi connectivity index (χ4v) is 1.60. The fraction of sp³-hybridized carbons (Fsp3) is 0.700. The largest absolute Gasteiger partial charge is 0.465 e. The Morgan fingerprint density at radius 3 is 3.21 bits per heavy atom. The summed E-state index contributed by atoms with van der Waals surface area (Å²) in [6.45, 7) is 9.15. The summed E-state index contributed by atoms with van der Waals surface area (Å²) in [4.78, 5) is 13.6. The van der Waals surface area contributed by atoms with Gasteiger partial charge in [0.25, 0.3) is 0 Å². The maximum atomic E-state index is 11.5. The molecule has 1 saturated heterocycles. The maximum Gasteiger partial charge on any atom is 0.324 e. The zero-order chi connectivity index (χ0) is 10.4. The van der Waals surface area contributed by atoms with Crippen LogP contribution in [-0.4, -0.2) is 49.7 Å². The van der Waals surface area contributed by atoms with E-state index in [9.17, 15) is 4.79 Å². The van der Waals surface area contributed by atoms with E-state index in [-0.39, 0.29) is 12.0 Å². The van der Waals surface area contributed by atoms with Crippen LogP contribution in [0.4, 0.5) is 0 Å². The second-order valence-corrected chi connectivity index (χ2v) is 3.26. The normalized spacial score (nSPS) is 23.1. The van der Waals surface area contributed by atoms with Gasteiger partial charge in [0.15, 0.2) is 0 Å². The zero-order valence-electron chi connectivity index (χ0n) is 8.66. The van der Waals surface area contributed by atoms with Crippen molar-refractivity contribution in [3.63, 3.8) is 0 Å². The number of ether oxygens (including phenoxy) is 1. The van der Waals surface area contributed by atoms with Crippen molar-refractivity contribution >= 4 is 5.97 Å². The van der Waals surface area contributed by atoms with E-state index in [1.807, 2.05) is 13.0 Å². The lowest BCUT2D eigenvalue weighted by molar-refractivity contribution is -0.149. The van der Waals surface area contributed by atoms with Crippen molar-refractivity contribution < 1.29 is 9.53 Å². The van der Waals surface area contributed by atoms with E-state index in [1.54, 1.807) is 0 Å². The van der Waals surface area contributed by atoms with E-state index in [1.165, 1.54) is 0 Å². The molecule has 0 aromatic carbocycles. The van der Waals surface area contributed by atoms with Crippen molar-refractivity contribution in [3.05, 3.63) is 12.7 Å². The van der Waals surface area contributed by atoms with Gasteiger partial charge in [-0.2, -0.15) is 0 Å². The minimum absolute atomic E-state index is 0.137. The summed E-state index contributed by atoms with van der Waals surface area (Å²) in [5.41, 5.74) is 0. The molecule has 0 amide bonds. The Kier molecular flexibility index (Phi) is 4.62. The van der Waals surface area contributed by atoms with E-state index in [4.69, 9.17) is 4.74 Å². The Hall–Kier alpha value is -0.870. The first-order chi connectivity index (χ1) is 6.79. The number of hydrogen-bond donors (Lipinski definition) is 1. The van der Waals surface area contributed by atoms with Crippen LogP contribution in [0.2, 0.25) is 0 Å². The SMILES string of the molecule is C=CCN1CCNCC1C(=O)OCC. The van der Waals surface area contributed by atoms with Crippen molar-refractivity contribution in [3.8, 4) is 0 Å². The summed E-state index contributed by atoms with van der Waals surface area (Å²) in [6, 6.07) is -0.151. The number of hydrogen-bond acceptors (Lipinski definition) is 4. The van der Waals surface area contributed by atoms with Crippen LogP contribution < -0.4 is 5.32 Å². The van der Waals surface area contributed by atoms with Crippen molar-refractivity contribution in [2.24, 2.45) is 0 Å². The number of piperazine rings is 1. The Morgan fingerprint density at radius 2 is 2.57 bits per heavy atom. The molecule has 0 bridgehead atoms. The molecule has 14 heavy (non-hydrogen) atoms. The molecule has 1 aliphatic heterocycles. The number of esters is 1. The van der Waals surface area contributed by atoms with Crippen LogP contribution in [0.5, 0.6) is 0 Å². The van der Waals surface area contributed by atoms with Crippen molar-refractivity contribution in [2.45, 2.75) is 13.0 Å². The molecule has 1 fully saturated rings. The lowest BCUT2D eigenvalue weighted by atomic mass is 10.2. The Morgan fingerprint density at radius 1 is 1.79 bits per heavy atom. The summed E-state index contributed by atoms with van der Waals surface area (Å²) in [7, 11) is 0. The highest BCUT2D eigenvalue weighted by Gasteiger charge is 2.28. The molecule has 1 rings (SSSR count). The smallest absolute Gasteiger partial charge is 0.324 e. The summed E-state index contributed by atoms with van der Waals surface area (Å²) in [5, 5.41) is 3.19. The van der Waals surface area contributed by atoms with E-state index in [0.717, 1.165) is 19.6 Å². The molecule has 1 unspecified atom stereocenters. The monoisotopic (exact) mass is 198 g/mol. The van der Waals surface area contributed by atoms with Gasteiger partial charge in [-0.15, -0.1) is 6.58 Å². The third-order valence-corrected chi connectivity index (χ3v) is 2.28. The second-order valence-electron chi connectivity index (χ2n) is 3.26. The number of carbonyl (C=O) groups excluding carboxylic acids is 1. The quantitative estimate of drug-likeness (QED) is 0.510. The lowest BCUT2D eigenvalue weighted by Gasteiger charge is -2.33. The Balaban J connectivity index is 2.52. The van der Waals surface area contributed by atoms with Crippen molar-refractivity contribution in [1.82, 2.24) is 10.2 Å². The van der Waals surface area contributed by atoms with Crippen LogP contribution in [0.3, 0.4) is 0 Å². The molecule has 1 aliphatic rings. The van der Waals surface area contributed by atoms with Gasteiger partial charge in [-0.3, -0.25) is 9.69 Å². The average molecular weight is 198 g/mol. The zero-order valence-corrected chi connectivity index (χ0v) is 8.66. The molecule has 0 aromatic heterocycles. The Labute approximate surface area is 84.9 Å². The van der Waals surface area contributed by atoms with E-state index in [0.29, 0.717) is 13.2 Å². The average Bonchev–Trinajstić information content (AvgIpc) is 2.19. The van der Waals surface area contributed by atoms with Gasteiger partial charge in [-0.1, -0.05) is 6.08 Å². The summed E-state index contributed by atoms with van der Waals surface area (Å²) in [5.74, 6) is -0.137. The predicted octanol–water partition coefficient (Wildman–Crippen LogP) is 0.00930. The molecule has 1 N–H and O–H groups in total. The predicted molar refractivity (Wildman–Crippen MR) is 55.1 cm³/mol. The molecule has 0 spiro atoms. The molecular weight excluding hydrogens is 180 g/mol. The van der Waals surface area contributed by atoms with E-state index < -0.39 is 0 Å². The van der Waals surface area contributed by atoms with E-state index >= 15 is 0 Å². The molecule has 0 aromatic rings. The van der Waals surface area contributed by atoms with Gasteiger partial charge >= 0.3 is 5.97 Å². The molecule has 1 atom stereocenters.